The average molecular weight is 417 g/mol. The van der Waals surface area contributed by atoms with Gasteiger partial charge in [0, 0.05) is 10.9 Å². The first-order chi connectivity index (χ1) is 13.7. The van der Waals surface area contributed by atoms with Crippen molar-refractivity contribution in [2.24, 2.45) is 5.10 Å². The monoisotopic (exact) mass is 417 g/mol. The summed E-state index contributed by atoms with van der Waals surface area (Å²) in [5.74, 6) is -0.388. The van der Waals surface area contributed by atoms with E-state index < -0.39 is 17.6 Å². The first-order valence-electron chi connectivity index (χ1n) is 8.73. The van der Waals surface area contributed by atoms with Gasteiger partial charge in [-0.15, -0.1) is 0 Å². The summed E-state index contributed by atoms with van der Waals surface area (Å²) in [5, 5.41) is 5.40. The van der Waals surface area contributed by atoms with E-state index in [0.717, 1.165) is 34.3 Å². The molecular weight excluding hydrogens is 399 g/mol. The Morgan fingerprint density at radius 3 is 2.69 bits per heavy atom. The van der Waals surface area contributed by atoms with Gasteiger partial charge in [0.15, 0.2) is 0 Å². The molecule has 0 fully saturated rings. The van der Waals surface area contributed by atoms with E-state index in [1.165, 1.54) is 30.0 Å². The first-order valence-corrected chi connectivity index (χ1v) is 9.71. The Morgan fingerprint density at radius 1 is 1.17 bits per heavy atom. The van der Waals surface area contributed by atoms with Crippen molar-refractivity contribution in [2.45, 2.75) is 25.0 Å². The molecule has 0 saturated carbocycles. The lowest BCUT2D eigenvalue weighted by Gasteiger charge is -2.09. The molecule has 3 rings (SSSR count). The zero-order valence-corrected chi connectivity index (χ0v) is 16.6. The topological polar surface area (TPSA) is 54.4 Å². The van der Waals surface area contributed by atoms with Crippen LogP contribution in [0.3, 0.4) is 0 Å². The van der Waals surface area contributed by atoms with E-state index in [0.29, 0.717) is 5.03 Å². The van der Waals surface area contributed by atoms with Gasteiger partial charge in [-0.2, -0.15) is 18.3 Å². The fraction of sp³-hybridized carbons (Fsp3) is 0.190. The van der Waals surface area contributed by atoms with Crippen LogP contribution in [0.25, 0.3) is 10.9 Å². The number of fused-ring (bicyclic) bond motifs is 1. The number of hydrogen-bond donors (Lipinski definition) is 1. The summed E-state index contributed by atoms with van der Waals surface area (Å²) in [4.78, 5) is 16.5. The molecule has 29 heavy (non-hydrogen) atoms. The van der Waals surface area contributed by atoms with E-state index in [1.807, 2.05) is 32.0 Å². The summed E-state index contributed by atoms with van der Waals surface area (Å²) in [5.41, 5.74) is 4.38. The molecule has 1 amide bonds. The number of carbonyl (C=O) groups is 1. The van der Waals surface area contributed by atoms with Crippen molar-refractivity contribution in [2.75, 3.05) is 5.75 Å². The number of benzene rings is 2. The zero-order chi connectivity index (χ0) is 21.0. The van der Waals surface area contributed by atoms with Gasteiger partial charge in [-0.3, -0.25) is 4.79 Å². The number of aromatic nitrogens is 1. The van der Waals surface area contributed by atoms with Crippen LogP contribution < -0.4 is 5.43 Å². The highest BCUT2D eigenvalue weighted by Crippen LogP contribution is 2.31. The number of rotatable bonds is 5. The molecule has 0 radical (unpaired) electrons. The molecule has 1 aromatic heterocycles. The van der Waals surface area contributed by atoms with E-state index in [1.54, 1.807) is 0 Å². The van der Waals surface area contributed by atoms with Crippen LogP contribution in [0.2, 0.25) is 0 Å². The lowest BCUT2D eigenvalue weighted by atomic mass is 10.1. The molecule has 0 unspecified atom stereocenters. The van der Waals surface area contributed by atoms with Crippen molar-refractivity contribution in [1.29, 1.82) is 0 Å². The number of nitrogens with zero attached hydrogens (tertiary/aromatic N) is 2. The molecule has 0 aliphatic heterocycles. The molecule has 0 atom stereocenters. The van der Waals surface area contributed by atoms with Gasteiger partial charge in [-0.05, 0) is 43.7 Å². The number of halogens is 3. The molecule has 4 nitrogen and oxygen atoms in total. The van der Waals surface area contributed by atoms with Crippen molar-refractivity contribution >= 4 is 34.8 Å². The Kier molecular flexibility index (Phi) is 6.22. The van der Waals surface area contributed by atoms with Crippen LogP contribution in [0.4, 0.5) is 13.2 Å². The molecule has 0 saturated heterocycles. The van der Waals surface area contributed by atoms with Crippen LogP contribution in [-0.2, 0) is 11.0 Å². The Bertz CT molecular complexity index is 1080. The van der Waals surface area contributed by atoms with Gasteiger partial charge in [0.05, 0.1) is 28.1 Å². The zero-order valence-electron chi connectivity index (χ0n) is 15.7. The Labute approximate surface area is 170 Å². The molecule has 0 spiro atoms. The third-order valence-corrected chi connectivity index (χ3v) is 5.07. The van der Waals surface area contributed by atoms with Gasteiger partial charge >= 0.3 is 6.18 Å². The van der Waals surface area contributed by atoms with Gasteiger partial charge in [0.2, 0.25) is 5.91 Å². The average Bonchev–Trinajstić information content (AvgIpc) is 2.66. The van der Waals surface area contributed by atoms with Crippen LogP contribution in [-0.4, -0.2) is 22.9 Å². The molecule has 2 aromatic carbocycles. The van der Waals surface area contributed by atoms with E-state index in [-0.39, 0.29) is 11.3 Å². The number of alkyl halides is 3. The Morgan fingerprint density at radius 2 is 1.93 bits per heavy atom. The number of amides is 1. The second-order valence-electron chi connectivity index (χ2n) is 6.46. The lowest BCUT2D eigenvalue weighted by Crippen LogP contribution is -2.20. The molecule has 1 N–H and O–H groups in total. The number of aryl methyl sites for hydroxylation is 2. The first kappa shape index (κ1) is 20.9. The Balaban J connectivity index is 1.62. The van der Waals surface area contributed by atoms with Gasteiger partial charge in [0.1, 0.15) is 0 Å². The number of hydrogen-bond acceptors (Lipinski definition) is 4. The number of carbonyl (C=O) groups excluding carboxylic acids is 1. The summed E-state index contributed by atoms with van der Waals surface area (Å²) in [6.45, 7) is 4.00. The maximum absolute atomic E-state index is 12.9. The standard InChI is InChI=1S/C21H18F3N3OS/c1-13-7-8-18-16(9-13)14(2)10-20(26-18)29-12-19(28)27-25-11-15-5-3-4-6-17(15)21(22,23)24/h3-11H,12H2,1-2H3,(H,27,28)/b25-11+. The molecule has 150 valence electrons. The second kappa shape index (κ2) is 8.65. The number of pyridine rings is 1. The van der Waals surface area contributed by atoms with Gasteiger partial charge in [0.25, 0.3) is 0 Å². The third-order valence-electron chi connectivity index (χ3n) is 4.16. The van der Waals surface area contributed by atoms with E-state index in [2.05, 4.69) is 21.6 Å². The van der Waals surface area contributed by atoms with Crippen molar-refractivity contribution < 1.29 is 18.0 Å². The van der Waals surface area contributed by atoms with E-state index in [4.69, 9.17) is 0 Å². The molecular formula is C21H18F3N3OS. The predicted molar refractivity (Wildman–Crippen MR) is 109 cm³/mol. The number of hydrazone groups is 1. The summed E-state index contributed by atoms with van der Waals surface area (Å²) >= 11 is 1.24. The van der Waals surface area contributed by atoms with Crippen molar-refractivity contribution in [3.05, 3.63) is 70.8 Å². The van der Waals surface area contributed by atoms with Crippen molar-refractivity contribution in [1.82, 2.24) is 10.4 Å². The van der Waals surface area contributed by atoms with Gasteiger partial charge in [-0.1, -0.05) is 41.6 Å². The van der Waals surface area contributed by atoms with Gasteiger partial charge in [-0.25, -0.2) is 10.4 Å². The van der Waals surface area contributed by atoms with Crippen LogP contribution in [0.15, 0.2) is 58.7 Å². The van der Waals surface area contributed by atoms with Crippen LogP contribution in [0.5, 0.6) is 0 Å². The Hall–Kier alpha value is -2.87. The number of nitrogens with one attached hydrogen (secondary N) is 1. The maximum Gasteiger partial charge on any atom is 0.417 e. The summed E-state index contributed by atoms with van der Waals surface area (Å²) < 4.78 is 38.8. The van der Waals surface area contributed by atoms with Crippen LogP contribution in [0.1, 0.15) is 22.3 Å². The normalized spacial score (nSPS) is 11.9. The fourth-order valence-electron chi connectivity index (χ4n) is 2.76. The second-order valence-corrected chi connectivity index (χ2v) is 7.46. The summed E-state index contributed by atoms with van der Waals surface area (Å²) in [6.07, 6.45) is -3.49. The molecule has 3 aromatic rings. The smallest absolute Gasteiger partial charge is 0.272 e. The van der Waals surface area contributed by atoms with Crippen LogP contribution in [0, 0.1) is 13.8 Å². The maximum atomic E-state index is 12.9. The molecule has 0 aliphatic carbocycles. The molecule has 1 heterocycles. The minimum Gasteiger partial charge on any atom is -0.272 e. The van der Waals surface area contributed by atoms with E-state index >= 15 is 0 Å². The third kappa shape index (κ3) is 5.35. The van der Waals surface area contributed by atoms with Crippen LogP contribution >= 0.6 is 11.8 Å². The number of thioether (sulfide) groups is 1. The SMILES string of the molecule is Cc1ccc2nc(SCC(=O)N/N=C/c3ccccc3C(F)(F)F)cc(C)c2c1. The molecule has 0 bridgehead atoms. The predicted octanol–water partition coefficient (Wildman–Crippen LogP) is 5.11. The minimum atomic E-state index is -4.49. The largest absolute Gasteiger partial charge is 0.417 e. The van der Waals surface area contributed by atoms with Gasteiger partial charge < -0.3 is 0 Å². The highest BCUT2D eigenvalue weighted by Gasteiger charge is 2.32. The molecule has 8 heteroatoms. The quantitative estimate of drug-likeness (QED) is 0.356. The highest BCUT2D eigenvalue weighted by atomic mass is 32.2. The fourth-order valence-corrected chi connectivity index (χ4v) is 3.53. The van der Waals surface area contributed by atoms with E-state index in [9.17, 15) is 18.0 Å². The summed E-state index contributed by atoms with van der Waals surface area (Å²) in [6, 6.07) is 12.9. The summed E-state index contributed by atoms with van der Waals surface area (Å²) in [7, 11) is 0. The lowest BCUT2D eigenvalue weighted by molar-refractivity contribution is -0.137. The minimum absolute atomic E-state index is 0.0437. The van der Waals surface area contributed by atoms with Crippen molar-refractivity contribution in [3.8, 4) is 0 Å². The highest BCUT2D eigenvalue weighted by molar-refractivity contribution is 7.99. The molecule has 0 aliphatic rings. The van der Waals surface area contributed by atoms with Crippen molar-refractivity contribution in [3.63, 3.8) is 0 Å².